The summed E-state index contributed by atoms with van der Waals surface area (Å²) in [6.07, 6.45) is -4.49. The summed E-state index contributed by atoms with van der Waals surface area (Å²) in [4.78, 5) is 11.7. The molecule has 0 fully saturated rings. The highest BCUT2D eigenvalue weighted by atomic mass is 79.9. The van der Waals surface area contributed by atoms with Crippen molar-refractivity contribution in [2.24, 2.45) is 0 Å². The van der Waals surface area contributed by atoms with Crippen molar-refractivity contribution in [1.29, 1.82) is 0 Å². The van der Waals surface area contributed by atoms with E-state index in [0.717, 1.165) is 17.0 Å². The number of halogens is 5. The molecule has 0 heterocycles. The molecular weight excluding hydrogens is 346 g/mol. The van der Waals surface area contributed by atoms with Gasteiger partial charge in [-0.2, -0.15) is 13.2 Å². The van der Waals surface area contributed by atoms with Gasteiger partial charge in [-0.15, -0.1) is 0 Å². The van der Waals surface area contributed by atoms with E-state index in [0.29, 0.717) is 0 Å². The Hall–Kier alpha value is -1.31. The van der Waals surface area contributed by atoms with Crippen molar-refractivity contribution in [2.75, 3.05) is 11.4 Å². The minimum atomic E-state index is -4.49. The van der Waals surface area contributed by atoms with E-state index in [2.05, 4.69) is 15.9 Å². The average molecular weight is 358 g/mol. The van der Waals surface area contributed by atoms with Crippen molar-refractivity contribution >= 4 is 27.6 Å². The molecule has 0 aliphatic carbocycles. The van der Waals surface area contributed by atoms with Crippen molar-refractivity contribution in [1.82, 2.24) is 0 Å². The molecule has 0 bridgehead atoms. The van der Waals surface area contributed by atoms with Gasteiger partial charge in [0.2, 0.25) is 0 Å². The van der Waals surface area contributed by atoms with E-state index in [9.17, 15) is 22.4 Å². The van der Waals surface area contributed by atoms with Gasteiger partial charge in [-0.3, -0.25) is 0 Å². The Labute approximate surface area is 121 Å². The quantitative estimate of drug-likeness (QED) is 0.826. The Morgan fingerprint density at radius 2 is 1.95 bits per heavy atom. The van der Waals surface area contributed by atoms with Gasteiger partial charge >= 0.3 is 12.1 Å². The lowest BCUT2D eigenvalue weighted by Crippen LogP contribution is -2.39. The van der Waals surface area contributed by atoms with Gasteiger partial charge < -0.3 is 10.0 Å². The molecule has 0 unspecified atom stereocenters. The van der Waals surface area contributed by atoms with E-state index in [-0.39, 0.29) is 15.7 Å². The second-order valence-electron chi connectivity index (χ2n) is 4.40. The van der Waals surface area contributed by atoms with Crippen LogP contribution in [0.15, 0.2) is 16.6 Å². The zero-order valence-electron chi connectivity index (χ0n) is 10.6. The first kappa shape index (κ1) is 16.7. The zero-order chi connectivity index (χ0) is 15.7. The standard InChI is InChI=1S/C12H12BrF4NO2/c1-6(2)18(5-12(15,16)17)8-4-3-7(11(19)20)9(13)10(8)14/h3-4,6H,5H2,1-2H3,(H,19,20). The minimum absolute atomic E-state index is 0.297. The van der Waals surface area contributed by atoms with E-state index in [1.165, 1.54) is 13.8 Å². The van der Waals surface area contributed by atoms with Crippen molar-refractivity contribution in [3.05, 3.63) is 28.0 Å². The van der Waals surface area contributed by atoms with Crippen molar-refractivity contribution in [3.63, 3.8) is 0 Å². The normalized spacial score (nSPS) is 11.8. The summed E-state index contributed by atoms with van der Waals surface area (Å²) in [6.45, 7) is 1.66. The van der Waals surface area contributed by atoms with Crippen LogP contribution in [0.25, 0.3) is 0 Å². The Morgan fingerprint density at radius 3 is 2.35 bits per heavy atom. The van der Waals surface area contributed by atoms with Crippen LogP contribution in [0.2, 0.25) is 0 Å². The Balaban J connectivity index is 3.29. The third-order valence-corrected chi connectivity index (χ3v) is 3.35. The maximum absolute atomic E-state index is 14.1. The number of hydrogen-bond donors (Lipinski definition) is 1. The Morgan fingerprint density at radius 1 is 1.40 bits per heavy atom. The van der Waals surface area contributed by atoms with Crippen LogP contribution in [0.5, 0.6) is 0 Å². The fourth-order valence-corrected chi connectivity index (χ4v) is 2.17. The highest BCUT2D eigenvalue weighted by molar-refractivity contribution is 9.10. The molecular formula is C12H12BrF4NO2. The largest absolute Gasteiger partial charge is 0.478 e. The molecule has 0 aliphatic heterocycles. The first-order chi connectivity index (χ1) is 9.04. The lowest BCUT2D eigenvalue weighted by atomic mass is 10.1. The molecule has 0 aliphatic rings. The molecule has 0 saturated carbocycles. The van der Waals surface area contributed by atoms with Gasteiger partial charge in [0.15, 0.2) is 5.82 Å². The SMILES string of the molecule is CC(C)N(CC(F)(F)F)c1ccc(C(=O)O)c(Br)c1F. The number of aromatic carboxylic acids is 1. The van der Waals surface area contributed by atoms with Crippen LogP contribution in [-0.4, -0.2) is 29.8 Å². The van der Waals surface area contributed by atoms with E-state index in [4.69, 9.17) is 5.11 Å². The smallest absolute Gasteiger partial charge is 0.405 e. The number of carboxylic acids is 1. The van der Waals surface area contributed by atoms with Gasteiger partial charge in [-0.05, 0) is 41.9 Å². The third-order valence-electron chi connectivity index (χ3n) is 2.57. The van der Waals surface area contributed by atoms with Crippen LogP contribution >= 0.6 is 15.9 Å². The van der Waals surface area contributed by atoms with Crippen molar-refractivity contribution in [2.45, 2.75) is 26.1 Å². The number of hydrogen-bond acceptors (Lipinski definition) is 2. The van der Waals surface area contributed by atoms with Gasteiger partial charge in [0.1, 0.15) is 6.54 Å². The molecule has 0 atom stereocenters. The van der Waals surface area contributed by atoms with Gasteiger partial charge in [0.05, 0.1) is 15.7 Å². The highest BCUT2D eigenvalue weighted by Crippen LogP contribution is 2.32. The number of carboxylic acid groups (broad SMARTS) is 1. The fourth-order valence-electron chi connectivity index (χ4n) is 1.67. The van der Waals surface area contributed by atoms with Gasteiger partial charge in [-0.25, -0.2) is 9.18 Å². The number of nitrogens with zero attached hydrogens (tertiary/aromatic N) is 1. The zero-order valence-corrected chi connectivity index (χ0v) is 12.2. The number of anilines is 1. The number of carbonyl (C=O) groups is 1. The Kier molecular flexibility index (Phi) is 5.01. The molecule has 1 rings (SSSR count). The molecule has 0 amide bonds. The maximum Gasteiger partial charge on any atom is 0.405 e. The van der Waals surface area contributed by atoms with Crippen LogP contribution in [0.3, 0.4) is 0 Å². The lowest BCUT2D eigenvalue weighted by Gasteiger charge is -2.30. The second kappa shape index (κ2) is 5.99. The predicted octanol–water partition coefficient (Wildman–Crippen LogP) is 4.06. The molecule has 0 aromatic heterocycles. The lowest BCUT2D eigenvalue weighted by molar-refractivity contribution is -0.120. The summed E-state index contributed by atoms with van der Waals surface area (Å²) < 4.78 is 51.3. The molecule has 0 saturated heterocycles. The van der Waals surface area contributed by atoms with Crippen LogP contribution in [0.1, 0.15) is 24.2 Å². The number of benzene rings is 1. The van der Waals surface area contributed by atoms with Gasteiger partial charge in [0, 0.05) is 6.04 Å². The minimum Gasteiger partial charge on any atom is -0.478 e. The van der Waals surface area contributed by atoms with Gasteiger partial charge in [0.25, 0.3) is 0 Å². The Bertz CT molecular complexity index is 517. The monoisotopic (exact) mass is 357 g/mol. The molecule has 20 heavy (non-hydrogen) atoms. The molecule has 8 heteroatoms. The molecule has 1 N–H and O–H groups in total. The molecule has 0 spiro atoms. The fraction of sp³-hybridized carbons (Fsp3) is 0.417. The first-order valence-electron chi connectivity index (χ1n) is 5.59. The highest BCUT2D eigenvalue weighted by Gasteiger charge is 2.33. The van der Waals surface area contributed by atoms with E-state index >= 15 is 0 Å². The van der Waals surface area contributed by atoms with E-state index in [1.54, 1.807) is 0 Å². The summed E-state index contributed by atoms with van der Waals surface area (Å²) in [6, 6.07) is 1.50. The summed E-state index contributed by atoms with van der Waals surface area (Å²) in [7, 11) is 0. The second-order valence-corrected chi connectivity index (χ2v) is 5.20. The first-order valence-corrected chi connectivity index (χ1v) is 6.38. The summed E-state index contributed by atoms with van der Waals surface area (Å²) in [5.41, 5.74) is -0.642. The van der Waals surface area contributed by atoms with E-state index in [1.807, 2.05) is 0 Å². The molecule has 112 valence electrons. The molecule has 0 radical (unpaired) electrons. The average Bonchev–Trinajstić information content (AvgIpc) is 2.28. The predicted molar refractivity (Wildman–Crippen MR) is 69.6 cm³/mol. The van der Waals surface area contributed by atoms with Crippen LogP contribution < -0.4 is 4.90 Å². The van der Waals surface area contributed by atoms with Crippen molar-refractivity contribution in [3.8, 4) is 0 Å². The molecule has 1 aromatic carbocycles. The molecule has 3 nitrogen and oxygen atoms in total. The van der Waals surface area contributed by atoms with Crippen LogP contribution in [-0.2, 0) is 0 Å². The number of alkyl halides is 3. The van der Waals surface area contributed by atoms with E-state index < -0.39 is 30.5 Å². The summed E-state index contributed by atoms with van der Waals surface area (Å²) >= 11 is 2.76. The maximum atomic E-state index is 14.1. The third kappa shape index (κ3) is 3.84. The van der Waals surface area contributed by atoms with Crippen molar-refractivity contribution < 1.29 is 27.5 Å². The summed E-state index contributed by atoms with van der Waals surface area (Å²) in [5, 5.41) is 8.82. The topological polar surface area (TPSA) is 40.5 Å². The number of rotatable bonds is 4. The summed E-state index contributed by atoms with van der Waals surface area (Å²) in [5.74, 6) is -2.39. The van der Waals surface area contributed by atoms with Crippen LogP contribution in [0, 0.1) is 5.82 Å². The van der Waals surface area contributed by atoms with Crippen LogP contribution in [0.4, 0.5) is 23.2 Å². The molecule has 1 aromatic rings. The van der Waals surface area contributed by atoms with Gasteiger partial charge in [-0.1, -0.05) is 0 Å².